The molecule has 0 atom stereocenters. The van der Waals surface area contributed by atoms with Gasteiger partial charge in [0.2, 0.25) is 5.88 Å². The van der Waals surface area contributed by atoms with Crippen molar-refractivity contribution >= 4 is 38.3 Å². The number of fused-ring (bicyclic) bond motifs is 1. The number of methoxy groups -OCH3 is 1. The van der Waals surface area contributed by atoms with Crippen LogP contribution in [0.3, 0.4) is 0 Å². The summed E-state index contributed by atoms with van der Waals surface area (Å²) in [5.41, 5.74) is 2.28. The maximum absolute atomic E-state index is 12.9. The molecule has 12 heteroatoms. The van der Waals surface area contributed by atoms with Crippen molar-refractivity contribution < 1.29 is 23.0 Å². The lowest BCUT2D eigenvalue weighted by Gasteiger charge is -2.26. The SMILES string of the molecule is COc1ccc(Cl)c(S(=O)(=O)Nc2ccc(-c3nc(OC4CCC(O)CC4)c4c(C)[nH]nc4n3)cc2)c1. The fourth-order valence-electron chi connectivity index (χ4n) is 4.28. The molecule has 194 valence electrons. The lowest BCUT2D eigenvalue weighted by Crippen LogP contribution is -2.27. The summed E-state index contributed by atoms with van der Waals surface area (Å²) in [6.45, 7) is 1.88. The highest BCUT2D eigenvalue weighted by atomic mass is 35.5. The maximum atomic E-state index is 12.9. The number of rotatable bonds is 7. The third kappa shape index (κ3) is 5.34. The van der Waals surface area contributed by atoms with Gasteiger partial charge in [0.1, 0.15) is 22.1 Å². The molecule has 0 saturated heterocycles. The Kier molecular flexibility index (Phi) is 6.93. The number of halogens is 1. The first-order chi connectivity index (χ1) is 17.7. The minimum absolute atomic E-state index is 0.0520. The topological polar surface area (TPSA) is 139 Å². The van der Waals surface area contributed by atoms with E-state index < -0.39 is 10.0 Å². The monoisotopic (exact) mass is 543 g/mol. The first kappa shape index (κ1) is 25.2. The number of nitrogens with zero attached hydrogens (tertiary/aromatic N) is 3. The zero-order valence-electron chi connectivity index (χ0n) is 20.2. The van der Waals surface area contributed by atoms with Gasteiger partial charge in [-0.25, -0.2) is 13.4 Å². The highest BCUT2D eigenvalue weighted by Crippen LogP contribution is 2.32. The van der Waals surface area contributed by atoms with Gasteiger partial charge in [-0.15, -0.1) is 0 Å². The lowest BCUT2D eigenvalue weighted by atomic mass is 9.95. The van der Waals surface area contributed by atoms with E-state index in [2.05, 4.69) is 24.9 Å². The lowest BCUT2D eigenvalue weighted by molar-refractivity contribution is 0.0652. The molecule has 1 aliphatic rings. The van der Waals surface area contributed by atoms with Crippen LogP contribution in [0.25, 0.3) is 22.4 Å². The number of sulfonamides is 1. The van der Waals surface area contributed by atoms with Crippen LogP contribution in [0.1, 0.15) is 31.4 Å². The average Bonchev–Trinajstić information content (AvgIpc) is 3.26. The first-order valence-electron chi connectivity index (χ1n) is 11.8. The van der Waals surface area contributed by atoms with E-state index in [-0.39, 0.29) is 22.1 Å². The highest BCUT2D eigenvalue weighted by molar-refractivity contribution is 7.92. The molecule has 4 aromatic rings. The second kappa shape index (κ2) is 10.2. The van der Waals surface area contributed by atoms with Crippen LogP contribution >= 0.6 is 11.6 Å². The van der Waals surface area contributed by atoms with Crippen molar-refractivity contribution in [3.05, 3.63) is 53.2 Å². The normalized spacial score (nSPS) is 18.1. The molecule has 0 amide bonds. The quantitative estimate of drug-likeness (QED) is 0.310. The zero-order valence-corrected chi connectivity index (χ0v) is 21.8. The zero-order chi connectivity index (χ0) is 26.2. The molecule has 3 N–H and O–H groups in total. The minimum atomic E-state index is -3.95. The molecule has 5 rings (SSSR count). The fraction of sp³-hybridized carbons (Fsp3) is 0.320. The second-order valence-electron chi connectivity index (χ2n) is 8.93. The first-order valence-corrected chi connectivity index (χ1v) is 13.6. The van der Waals surface area contributed by atoms with Crippen molar-refractivity contribution in [2.75, 3.05) is 11.8 Å². The van der Waals surface area contributed by atoms with Crippen LogP contribution in [0.2, 0.25) is 5.02 Å². The number of aromatic amines is 1. The number of H-pyrrole nitrogens is 1. The second-order valence-corrected chi connectivity index (χ2v) is 11.0. The number of hydrogen-bond acceptors (Lipinski definition) is 8. The van der Waals surface area contributed by atoms with Crippen LogP contribution < -0.4 is 14.2 Å². The van der Waals surface area contributed by atoms with Gasteiger partial charge in [-0.3, -0.25) is 9.82 Å². The molecule has 1 aliphatic carbocycles. The van der Waals surface area contributed by atoms with Crippen LogP contribution in [-0.4, -0.2) is 53.0 Å². The van der Waals surface area contributed by atoms with E-state index in [0.29, 0.717) is 47.2 Å². The van der Waals surface area contributed by atoms with Gasteiger partial charge in [0.15, 0.2) is 11.5 Å². The van der Waals surface area contributed by atoms with Gasteiger partial charge in [-0.2, -0.15) is 10.1 Å². The van der Waals surface area contributed by atoms with Crippen LogP contribution in [0, 0.1) is 6.92 Å². The van der Waals surface area contributed by atoms with Crippen LogP contribution in [-0.2, 0) is 10.0 Å². The average molecular weight is 544 g/mol. The number of ether oxygens (including phenoxy) is 2. The molecule has 0 unspecified atom stereocenters. The van der Waals surface area contributed by atoms with E-state index in [0.717, 1.165) is 23.9 Å². The Labute approximate surface area is 219 Å². The fourth-order valence-corrected chi connectivity index (χ4v) is 5.85. The molecular weight excluding hydrogens is 518 g/mol. The Morgan fingerprint density at radius 2 is 1.81 bits per heavy atom. The number of aliphatic hydroxyl groups is 1. The molecule has 10 nitrogen and oxygen atoms in total. The number of anilines is 1. The molecule has 2 aromatic heterocycles. The maximum Gasteiger partial charge on any atom is 0.263 e. The molecule has 2 heterocycles. The predicted octanol–water partition coefficient (Wildman–Crippen LogP) is 4.47. The third-order valence-electron chi connectivity index (χ3n) is 6.31. The van der Waals surface area contributed by atoms with Crippen molar-refractivity contribution in [1.29, 1.82) is 0 Å². The smallest absolute Gasteiger partial charge is 0.263 e. The largest absolute Gasteiger partial charge is 0.497 e. The van der Waals surface area contributed by atoms with Crippen molar-refractivity contribution in [2.24, 2.45) is 0 Å². The Balaban J connectivity index is 1.41. The number of aryl methyl sites for hydroxylation is 1. The Bertz CT molecular complexity index is 1530. The van der Waals surface area contributed by atoms with E-state index in [4.69, 9.17) is 21.1 Å². The summed E-state index contributed by atoms with van der Waals surface area (Å²) in [7, 11) is -2.50. The molecule has 37 heavy (non-hydrogen) atoms. The van der Waals surface area contributed by atoms with Gasteiger partial charge >= 0.3 is 0 Å². The van der Waals surface area contributed by atoms with Crippen LogP contribution in [0.5, 0.6) is 11.6 Å². The van der Waals surface area contributed by atoms with Crippen molar-refractivity contribution in [1.82, 2.24) is 20.2 Å². The van der Waals surface area contributed by atoms with Crippen molar-refractivity contribution in [2.45, 2.75) is 49.7 Å². The molecule has 0 spiro atoms. The summed E-state index contributed by atoms with van der Waals surface area (Å²) in [6.07, 6.45) is 2.52. The summed E-state index contributed by atoms with van der Waals surface area (Å²) < 4.78 is 39.8. The third-order valence-corrected chi connectivity index (χ3v) is 8.17. The molecule has 0 bridgehead atoms. The number of nitrogens with one attached hydrogen (secondary N) is 2. The summed E-state index contributed by atoms with van der Waals surface area (Å²) in [5, 5.41) is 17.8. The van der Waals surface area contributed by atoms with Crippen LogP contribution in [0.4, 0.5) is 5.69 Å². The van der Waals surface area contributed by atoms with Gasteiger partial charge in [0.05, 0.1) is 18.2 Å². The van der Waals surface area contributed by atoms with Gasteiger partial charge in [0, 0.05) is 23.0 Å². The standard InChI is InChI=1S/C25H26ClN5O5S/c1-14-22-24(30-29-14)27-23(28-25(22)36-18-9-7-17(32)8-10-18)15-3-5-16(6-4-15)31-37(33,34)21-13-19(35-2)11-12-20(21)26/h3-6,11-13,17-18,31-32H,7-10H2,1-2H3,(H,27,28,29,30). The highest BCUT2D eigenvalue weighted by Gasteiger charge is 2.24. The Hall–Kier alpha value is -3.41. The van der Waals surface area contributed by atoms with Gasteiger partial charge in [0.25, 0.3) is 10.0 Å². The van der Waals surface area contributed by atoms with E-state index >= 15 is 0 Å². The van der Waals surface area contributed by atoms with Gasteiger partial charge in [-0.05, 0) is 69.0 Å². The summed E-state index contributed by atoms with van der Waals surface area (Å²) in [5.74, 6) is 1.21. The number of benzene rings is 2. The Morgan fingerprint density at radius 1 is 1.08 bits per heavy atom. The van der Waals surface area contributed by atoms with Crippen molar-refractivity contribution in [3.8, 4) is 23.0 Å². The van der Waals surface area contributed by atoms with E-state index in [1.54, 1.807) is 30.3 Å². The van der Waals surface area contributed by atoms with E-state index in [1.165, 1.54) is 19.2 Å². The predicted molar refractivity (Wildman–Crippen MR) is 140 cm³/mol. The molecule has 0 radical (unpaired) electrons. The molecular formula is C25H26ClN5O5S. The minimum Gasteiger partial charge on any atom is -0.497 e. The molecule has 0 aliphatic heterocycles. The summed E-state index contributed by atoms with van der Waals surface area (Å²) >= 11 is 6.13. The summed E-state index contributed by atoms with van der Waals surface area (Å²) in [4.78, 5) is 9.16. The van der Waals surface area contributed by atoms with E-state index in [9.17, 15) is 13.5 Å². The number of aromatic nitrogens is 4. The van der Waals surface area contributed by atoms with Gasteiger partial charge < -0.3 is 14.6 Å². The number of aliphatic hydroxyl groups excluding tert-OH is 1. The van der Waals surface area contributed by atoms with Crippen molar-refractivity contribution in [3.63, 3.8) is 0 Å². The van der Waals surface area contributed by atoms with Crippen LogP contribution in [0.15, 0.2) is 47.4 Å². The van der Waals surface area contributed by atoms with Gasteiger partial charge in [-0.1, -0.05) is 11.6 Å². The molecule has 1 saturated carbocycles. The number of hydrogen-bond donors (Lipinski definition) is 3. The Morgan fingerprint density at radius 3 is 2.51 bits per heavy atom. The molecule has 1 fully saturated rings. The van der Waals surface area contributed by atoms with E-state index in [1.807, 2.05) is 6.92 Å². The molecule has 2 aromatic carbocycles. The summed E-state index contributed by atoms with van der Waals surface area (Å²) in [6, 6.07) is 11.1.